The Morgan fingerprint density at radius 1 is 1.07 bits per heavy atom. The topological polar surface area (TPSA) is 77.8 Å². The molecule has 0 aliphatic heterocycles. The maximum Gasteiger partial charge on any atom is 0.303 e. The summed E-state index contributed by atoms with van der Waals surface area (Å²) in [6.45, 7) is 2.24. The van der Waals surface area contributed by atoms with Crippen molar-refractivity contribution in [3.63, 3.8) is 0 Å². The van der Waals surface area contributed by atoms with E-state index >= 15 is 0 Å². The summed E-state index contributed by atoms with van der Waals surface area (Å²) in [6, 6.07) is 0. The van der Waals surface area contributed by atoms with Gasteiger partial charge in [-0.2, -0.15) is 0 Å². The second-order valence-corrected chi connectivity index (χ2v) is 8.05. The van der Waals surface area contributed by atoms with Crippen molar-refractivity contribution in [3.8, 4) is 12.8 Å². The number of fused-ring (bicyclic) bond motifs is 2. The van der Waals surface area contributed by atoms with Gasteiger partial charge in [0.1, 0.15) is 0 Å². The van der Waals surface area contributed by atoms with Gasteiger partial charge in [0.25, 0.3) is 0 Å². The van der Waals surface area contributed by atoms with Crippen LogP contribution in [0.5, 0.6) is 0 Å². The lowest BCUT2D eigenvalue weighted by Gasteiger charge is -2.37. The summed E-state index contributed by atoms with van der Waals surface area (Å²) in [4.78, 5) is 11.2. The third-order valence-electron chi connectivity index (χ3n) is 6.25. The van der Waals surface area contributed by atoms with E-state index in [0.29, 0.717) is 12.3 Å². The second-order valence-electron chi connectivity index (χ2n) is 8.05. The predicted molar refractivity (Wildman–Crippen MR) is 107 cm³/mol. The Kier molecular flexibility index (Phi) is 7.89. The monoisotopic (exact) mass is 372 g/mol. The van der Waals surface area contributed by atoms with Crippen molar-refractivity contribution in [2.45, 2.75) is 70.5 Å². The molecule has 1 fully saturated rings. The first-order valence-corrected chi connectivity index (χ1v) is 9.97. The molecule has 4 heteroatoms. The highest BCUT2D eigenvalue weighted by Gasteiger charge is 2.34. The lowest BCUT2D eigenvalue weighted by molar-refractivity contribution is -0.138. The summed E-state index contributed by atoms with van der Waals surface area (Å²) in [5.41, 5.74) is 3.32. The van der Waals surface area contributed by atoms with Gasteiger partial charge in [-0.25, -0.2) is 0 Å². The Balaban J connectivity index is 0.00000126. The molecule has 1 saturated carbocycles. The minimum atomic E-state index is -0.704. The molecule has 0 saturated heterocycles. The van der Waals surface area contributed by atoms with E-state index in [4.69, 9.17) is 0 Å². The molecule has 0 aromatic heterocycles. The zero-order valence-electron chi connectivity index (χ0n) is 16.2. The first-order valence-electron chi connectivity index (χ1n) is 9.97. The quantitative estimate of drug-likeness (QED) is 0.508. The molecule has 0 amide bonds. The number of carbonyl (C=O) groups is 1. The smallest absolute Gasteiger partial charge is 0.303 e. The fraction of sp³-hybridized carbons (Fsp3) is 0.609. The Bertz CT molecular complexity index is 640. The number of aliphatic hydroxyl groups is 2. The number of carboxylic acids is 1. The Labute approximate surface area is 162 Å². The average molecular weight is 373 g/mol. The third kappa shape index (κ3) is 5.34. The normalized spacial score (nSPS) is 33.7. The fourth-order valence-electron chi connectivity index (χ4n) is 4.74. The molecule has 3 aliphatic rings. The molecule has 0 radical (unpaired) electrons. The molecule has 5 atom stereocenters. The Morgan fingerprint density at radius 2 is 1.74 bits per heavy atom. The van der Waals surface area contributed by atoms with E-state index in [1.165, 1.54) is 5.57 Å². The molecular formula is C23H32O4. The van der Waals surface area contributed by atoms with Crippen LogP contribution < -0.4 is 0 Å². The maximum absolute atomic E-state index is 11.2. The molecule has 148 valence electrons. The van der Waals surface area contributed by atoms with Crippen molar-refractivity contribution in [1.82, 2.24) is 0 Å². The van der Waals surface area contributed by atoms with Gasteiger partial charge in [0, 0.05) is 12.3 Å². The minimum Gasteiger partial charge on any atom is -0.481 e. The highest BCUT2D eigenvalue weighted by molar-refractivity contribution is 5.67. The van der Waals surface area contributed by atoms with Crippen molar-refractivity contribution in [2.24, 2.45) is 17.8 Å². The second kappa shape index (κ2) is 9.92. The number of carboxylic acid groups (broad SMARTS) is 1. The SMILES string of the molecule is C#C.CC1CCC(CC(=O)O)CCC2=CCC3=C(C(O)C=CC3O)C2CC1. The number of hydrogen-bond acceptors (Lipinski definition) is 3. The Morgan fingerprint density at radius 3 is 2.44 bits per heavy atom. The zero-order chi connectivity index (χ0) is 20.0. The van der Waals surface area contributed by atoms with E-state index < -0.39 is 18.2 Å². The van der Waals surface area contributed by atoms with Crippen LogP contribution in [-0.4, -0.2) is 33.5 Å². The summed E-state index contributed by atoms with van der Waals surface area (Å²) in [7, 11) is 0. The van der Waals surface area contributed by atoms with E-state index in [9.17, 15) is 20.1 Å². The molecule has 4 nitrogen and oxygen atoms in total. The lowest BCUT2D eigenvalue weighted by atomic mass is 9.70. The first-order chi connectivity index (χ1) is 13.0. The Hall–Kier alpha value is -1.83. The van der Waals surface area contributed by atoms with Gasteiger partial charge in [0.05, 0.1) is 12.2 Å². The number of terminal acetylenes is 1. The summed E-state index contributed by atoms with van der Waals surface area (Å²) in [5.74, 6) is 0.286. The van der Waals surface area contributed by atoms with Crippen LogP contribution in [0, 0.1) is 30.6 Å². The van der Waals surface area contributed by atoms with Crippen molar-refractivity contribution in [3.05, 3.63) is 34.9 Å². The van der Waals surface area contributed by atoms with E-state index in [1.807, 2.05) is 0 Å². The van der Waals surface area contributed by atoms with Crippen molar-refractivity contribution < 1.29 is 20.1 Å². The first kappa shape index (κ1) is 21.5. The molecule has 3 aliphatic carbocycles. The molecule has 0 aromatic rings. The average Bonchev–Trinajstić information content (AvgIpc) is 2.66. The molecule has 27 heavy (non-hydrogen) atoms. The highest BCUT2D eigenvalue weighted by Crippen LogP contribution is 2.43. The maximum atomic E-state index is 11.2. The molecule has 5 unspecified atom stereocenters. The van der Waals surface area contributed by atoms with Gasteiger partial charge in [-0.15, -0.1) is 12.8 Å². The summed E-state index contributed by atoms with van der Waals surface area (Å²) in [6.07, 6.45) is 19.3. The van der Waals surface area contributed by atoms with Crippen molar-refractivity contribution >= 4 is 5.97 Å². The van der Waals surface area contributed by atoms with E-state index in [1.54, 1.807) is 12.2 Å². The van der Waals surface area contributed by atoms with Crippen LogP contribution in [0.15, 0.2) is 34.9 Å². The number of rotatable bonds is 2. The van der Waals surface area contributed by atoms with Crippen LogP contribution in [0.3, 0.4) is 0 Å². The van der Waals surface area contributed by atoms with E-state index in [-0.39, 0.29) is 18.3 Å². The molecular weight excluding hydrogens is 340 g/mol. The van der Waals surface area contributed by atoms with Crippen LogP contribution in [0.25, 0.3) is 0 Å². The molecule has 3 rings (SSSR count). The molecule has 0 spiro atoms. The number of aliphatic hydroxyl groups excluding tert-OH is 2. The van der Waals surface area contributed by atoms with Gasteiger partial charge in [-0.3, -0.25) is 4.79 Å². The van der Waals surface area contributed by atoms with Gasteiger partial charge in [-0.05, 0) is 61.5 Å². The van der Waals surface area contributed by atoms with Crippen LogP contribution in [0.4, 0.5) is 0 Å². The van der Waals surface area contributed by atoms with Crippen LogP contribution in [0.2, 0.25) is 0 Å². The number of hydrogen-bond donors (Lipinski definition) is 3. The number of allylic oxidation sites excluding steroid dienone is 2. The van der Waals surface area contributed by atoms with Crippen LogP contribution in [-0.2, 0) is 4.79 Å². The summed E-state index contributed by atoms with van der Waals surface area (Å²) < 4.78 is 0. The van der Waals surface area contributed by atoms with E-state index in [2.05, 4.69) is 25.8 Å². The standard InChI is InChI=1S/C21H30O4.C2H2/c1-13-2-4-14(12-20(24)25)5-6-15-7-9-17-18(22)10-11-19(23)21(17)16(15)8-3-13;1-2/h7,10-11,13-14,16,18-19,22-23H,2-6,8-9,12H2,1H3,(H,24,25);1-2H. The highest BCUT2D eigenvalue weighted by atomic mass is 16.4. The summed E-state index contributed by atoms with van der Waals surface area (Å²) >= 11 is 0. The zero-order valence-corrected chi connectivity index (χ0v) is 16.2. The fourth-order valence-corrected chi connectivity index (χ4v) is 4.74. The predicted octanol–water partition coefficient (Wildman–Crippen LogP) is 3.85. The van der Waals surface area contributed by atoms with Crippen LogP contribution >= 0.6 is 0 Å². The van der Waals surface area contributed by atoms with Gasteiger partial charge >= 0.3 is 5.97 Å². The van der Waals surface area contributed by atoms with Gasteiger partial charge < -0.3 is 15.3 Å². The van der Waals surface area contributed by atoms with Gasteiger partial charge in [-0.1, -0.05) is 37.1 Å². The number of aliphatic carboxylic acids is 1. The van der Waals surface area contributed by atoms with Gasteiger partial charge in [0.2, 0.25) is 0 Å². The molecule has 0 aromatic carbocycles. The summed E-state index contributed by atoms with van der Waals surface area (Å²) in [5, 5.41) is 30.0. The molecule has 0 heterocycles. The molecule has 3 N–H and O–H groups in total. The van der Waals surface area contributed by atoms with Crippen molar-refractivity contribution in [1.29, 1.82) is 0 Å². The van der Waals surface area contributed by atoms with Crippen molar-refractivity contribution in [2.75, 3.05) is 0 Å². The van der Waals surface area contributed by atoms with Gasteiger partial charge in [0.15, 0.2) is 0 Å². The van der Waals surface area contributed by atoms with E-state index in [0.717, 1.165) is 49.7 Å². The molecule has 0 bridgehead atoms. The van der Waals surface area contributed by atoms with Crippen LogP contribution in [0.1, 0.15) is 58.3 Å². The minimum absolute atomic E-state index is 0.198. The largest absolute Gasteiger partial charge is 0.481 e. The lowest BCUT2D eigenvalue weighted by Crippen LogP contribution is -2.30. The third-order valence-corrected chi connectivity index (χ3v) is 6.25.